The average Bonchev–Trinajstić information content (AvgIpc) is 2.92. The molecule has 4 rings (SSSR count). The number of benzene rings is 4. The summed E-state index contributed by atoms with van der Waals surface area (Å²) in [7, 11) is -0.349. The van der Waals surface area contributed by atoms with E-state index in [0.29, 0.717) is 11.5 Å². The van der Waals surface area contributed by atoms with Crippen LogP contribution in [0.3, 0.4) is 0 Å². The maximum Gasteiger partial charge on any atom is 0.206 e. The molecule has 0 radical (unpaired) electrons. The Morgan fingerprint density at radius 2 is 1.32 bits per heavy atom. The minimum atomic E-state index is -3.57. The molecule has 5 nitrogen and oxygen atoms in total. The Morgan fingerprint density at radius 3 is 1.89 bits per heavy atom. The number of thioether (sulfide) groups is 1. The Labute approximate surface area is 226 Å². The highest BCUT2D eigenvalue weighted by molar-refractivity contribution is 7.99. The standard InChI is InChI=1S/C29H28O5S3/c1-19-5-10-24(11-6-19)37(31,32)25-12-7-21(8-13-25)36-22-9-14-26(27(16-22)33-2)29-20(18-30)15-23(35-4)17-28(29)34-3/h5-17,30H,18H2,1-4H3. The molecule has 0 saturated heterocycles. The highest BCUT2D eigenvalue weighted by Crippen LogP contribution is 2.43. The fraction of sp³-hybridized carbons (Fsp3) is 0.172. The van der Waals surface area contributed by atoms with Gasteiger partial charge in [-0.3, -0.25) is 0 Å². The van der Waals surface area contributed by atoms with Crippen molar-refractivity contribution in [2.75, 3.05) is 20.5 Å². The molecule has 0 bridgehead atoms. The zero-order valence-electron chi connectivity index (χ0n) is 21.0. The second kappa shape index (κ2) is 11.6. The molecule has 8 heteroatoms. The topological polar surface area (TPSA) is 72.8 Å². The summed E-state index contributed by atoms with van der Waals surface area (Å²) in [5.41, 5.74) is 3.38. The van der Waals surface area contributed by atoms with Crippen molar-refractivity contribution in [3.05, 3.63) is 90.0 Å². The number of sulfone groups is 1. The van der Waals surface area contributed by atoms with Gasteiger partial charge in [0.1, 0.15) is 11.5 Å². The molecule has 4 aromatic rings. The SMILES string of the molecule is COc1cc(Sc2ccc(S(=O)(=O)c3ccc(C)cc3)cc2)ccc1-c1c(CO)cc(SC)cc1OC. The minimum Gasteiger partial charge on any atom is -0.496 e. The Balaban J connectivity index is 1.62. The number of rotatable bonds is 9. The number of aryl methyl sites for hydroxylation is 1. The van der Waals surface area contributed by atoms with E-state index < -0.39 is 9.84 Å². The second-order valence-corrected chi connectivity index (χ2v) is 12.3. The van der Waals surface area contributed by atoms with E-state index in [-0.39, 0.29) is 16.4 Å². The molecule has 0 unspecified atom stereocenters. The van der Waals surface area contributed by atoms with Crippen LogP contribution in [0.15, 0.2) is 103 Å². The van der Waals surface area contributed by atoms with Crippen molar-refractivity contribution in [1.29, 1.82) is 0 Å². The Hall–Kier alpha value is -2.91. The molecule has 0 aromatic heterocycles. The molecule has 0 aliphatic carbocycles. The van der Waals surface area contributed by atoms with Gasteiger partial charge >= 0.3 is 0 Å². The number of hydrogen-bond acceptors (Lipinski definition) is 7. The summed E-state index contributed by atoms with van der Waals surface area (Å²) in [4.78, 5) is 3.37. The van der Waals surface area contributed by atoms with Crippen molar-refractivity contribution in [2.24, 2.45) is 0 Å². The highest BCUT2D eigenvalue weighted by atomic mass is 32.2. The monoisotopic (exact) mass is 552 g/mol. The van der Waals surface area contributed by atoms with Gasteiger partial charge in [-0.1, -0.05) is 29.5 Å². The Bertz CT molecular complexity index is 1470. The van der Waals surface area contributed by atoms with Gasteiger partial charge in [-0.25, -0.2) is 8.42 Å². The third kappa shape index (κ3) is 5.83. The van der Waals surface area contributed by atoms with Crippen LogP contribution in [-0.2, 0) is 16.4 Å². The van der Waals surface area contributed by atoms with Crippen LogP contribution in [-0.4, -0.2) is 34.0 Å². The van der Waals surface area contributed by atoms with E-state index in [1.165, 1.54) is 11.8 Å². The maximum atomic E-state index is 13.0. The first-order valence-electron chi connectivity index (χ1n) is 11.4. The molecule has 0 fully saturated rings. The van der Waals surface area contributed by atoms with Gasteiger partial charge < -0.3 is 14.6 Å². The van der Waals surface area contributed by atoms with Crippen LogP contribution in [0.2, 0.25) is 0 Å². The third-order valence-electron chi connectivity index (χ3n) is 5.93. The fourth-order valence-corrected chi connectivity index (χ4v) is 6.56. The zero-order valence-corrected chi connectivity index (χ0v) is 23.5. The van der Waals surface area contributed by atoms with Crippen LogP contribution in [0.4, 0.5) is 0 Å². The van der Waals surface area contributed by atoms with Gasteiger partial charge in [-0.15, -0.1) is 11.8 Å². The highest BCUT2D eigenvalue weighted by Gasteiger charge is 2.19. The molecule has 37 heavy (non-hydrogen) atoms. The molecule has 4 aromatic carbocycles. The predicted octanol–water partition coefficient (Wildman–Crippen LogP) is 6.88. The Kier molecular flexibility index (Phi) is 8.54. The molecule has 0 aliphatic rings. The van der Waals surface area contributed by atoms with Crippen LogP contribution < -0.4 is 9.47 Å². The van der Waals surface area contributed by atoms with E-state index in [0.717, 1.165) is 36.9 Å². The van der Waals surface area contributed by atoms with E-state index in [2.05, 4.69) is 0 Å². The summed E-state index contributed by atoms with van der Waals surface area (Å²) in [6.45, 7) is 1.80. The average molecular weight is 553 g/mol. The van der Waals surface area contributed by atoms with Crippen molar-refractivity contribution in [3.8, 4) is 22.6 Å². The molecule has 0 atom stereocenters. The van der Waals surface area contributed by atoms with Crippen molar-refractivity contribution < 1.29 is 23.0 Å². The number of ether oxygens (including phenoxy) is 2. The summed E-state index contributed by atoms with van der Waals surface area (Å²) in [5, 5.41) is 10.0. The van der Waals surface area contributed by atoms with E-state index in [1.807, 2.05) is 43.5 Å². The largest absolute Gasteiger partial charge is 0.496 e. The van der Waals surface area contributed by atoms with Crippen molar-refractivity contribution in [2.45, 2.75) is 38.0 Å². The molecule has 0 amide bonds. The van der Waals surface area contributed by atoms with E-state index in [4.69, 9.17) is 9.47 Å². The fourth-order valence-electron chi connectivity index (χ4n) is 3.97. The number of hydrogen-bond donors (Lipinski definition) is 1. The summed E-state index contributed by atoms with van der Waals surface area (Å²) >= 11 is 3.09. The van der Waals surface area contributed by atoms with E-state index >= 15 is 0 Å². The molecule has 0 aliphatic heterocycles. The van der Waals surface area contributed by atoms with Gasteiger partial charge in [-0.05, 0) is 85.5 Å². The van der Waals surface area contributed by atoms with Crippen molar-refractivity contribution >= 4 is 33.4 Å². The first-order chi connectivity index (χ1) is 17.8. The first-order valence-corrected chi connectivity index (χ1v) is 15.0. The molecule has 0 heterocycles. The smallest absolute Gasteiger partial charge is 0.206 e. The molecular formula is C29H28O5S3. The minimum absolute atomic E-state index is 0.127. The molecule has 1 N–H and O–H groups in total. The third-order valence-corrected chi connectivity index (χ3v) is 9.42. The lowest BCUT2D eigenvalue weighted by Crippen LogP contribution is -2.01. The van der Waals surface area contributed by atoms with Crippen LogP contribution in [0.5, 0.6) is 11.5 Å². The lowest BCUT2D eigenvalue weighted by atomic mass is 9.98. The molecule has 192 valence electrons. The number of methoxy groups -OCH3 is 2. The van der Waals surface area contributed by atoms with Gasteiger partial charge in [0.15, 0.2) is 0 Å². The van der Waals surface area contributed by atoms with E-state index in [9.17, 15) is 13.5 Å². The van der Waals surface area contributed by atoms with Gasteiger partial charge in [0.2, 0.25) is 9.84 Å². The van der Waals surface area contributed by atoms with Gasteiger partial charge in [0.05, 0.1) is 30.6 Å². The lowest BCUT2D eigenvalue weighted by molar-refractivity contribution is 0.281. The number of aliphatic hydroxyl groups excluding tert-OH is 1. The van der Waals surface area contributed by atoms with Gasteiger partial charge in [0.25, 0.3) is 0 Å². The molecule has 0 saturated carbocycles. The van der Waals surface area contributed by atoms with Gasteiger partial charge in [-0.2, -0.15) is 0 Å². The second-order valence-electron chi connectivity index (χ2n) is 8.27. The predicted molar refractivity (Wildman–Crippen MR) is 150 cm³/mol. The van der Waals surface area contributed by atoms with Crippen LogP contribution >= 0.6 is 23.5 Å². The summed E-state index contributed by atoms with van der Waals surface area (Å²) in [5.74, 6) is 1.31. The maximum absolute atomic E-state index is 13.0. The van der Waals surface area contributed by atoms with Crippen LogP contribution in [0.25, 0.3) is 11.1 Å². The molecule has 0 spiro atoms. The normalized spacial score (nSPS) is 11.4. The summed E-state index contributed by atoms with van der Waals surface area (Å²) in [6.07, 6.45) is 1.98. The lowest BCUT2D eigenvalue weighted by Gasteiger charge is -2.18. The van der Waals surface area contributed by atoms with Crippen molar-refractivity contribution in [3.63, 3.8) is 0 Å². The number of aliphatic hydroxyl groups is 1. The quantitative estimate of drug-likeness (QED) is 0.227. The zero-order chi connectivity index (χ0) is 26.6. The molecular weight excluding hydrogens is 525 g/mol. The summed E-state index contributed by atoms with van der Waals surface area (Å²) < 4.78 is 37.3. The summed E-state index contributed by atoms with van der Waals surface area (Å²) in [6, 6.07) is 23.5. The van der Waals surface area contributed by atoms with Crippen LogP contribution in [0, 0.1) is 6.92 Å². The van der Waals surface area contributed by atoms with E-state index in [1.54, 1.807) is 74.5 Å². The first kappa shape index (κ1) is 27.1. The van der Waals surface area contributed by atoms with Crippen LogP contribution in [0.1, 0.15) is 11.1 Å². The Morgan fingerprint density at radius 1 is 0.757 bits per heavy atom. The van der Waals surface area contributed by atoms with Crippen molar-refractivity contribution in [1.82, 2.24) is 0 Å². The van der Waals surface area contributed by atoms with Gasteiger partial charge in [0, 0.05) is 25.8 Å².